The van der Waals surface area contributed by atoms with Crippen molar-refractivity contribution in [2.45, 2.75) is 20.3 Å². The largest absolute Gasteiger partial charge is 0.497 e. The van der Waals surface area contributed by atoms with Gasteiger partial charge in [-0.1, -0.05) is 6.92 Å². The fourth-order valence-electron chi connectivity index (χ4n) is 2.06. The van der Waals surface area contributed by atoms with E-state index in [1.54, 1.807) is 14.2 Å². The van der Waals surface area contributed by atoms with Gasteiger partial charge < -0.3 is 14.8 Å². The van der Waals surface area contributed by atoms with E-state index in [1.165, 1.54) is 0 Å². The first kappa shape index (κ1) is 15.1. The lowest BCUT2D eigenvalue weighted by Crippen LogP contribution is -2.04. The zero-order valence-electron chi connectivity index (χ0n) is 12.9. The Labute approximate surface area is 125 Å². The highest BCUT2D eigenvalue weighted by Crippen LogP contribution is 2.33. The van der Waals surface area contributed by atoms with Crippen molar-refractivity contribution in [3.63, 3.8) is 0 Å². The Hall–Kier alpha value is -2.30. The number of rotatable bonds is 6. The van der Waals surface area contributed by atoms with Crippen LogP contribution in [-0.4, -0.2) is 30.7 Å². The van der Waals surface area contributed by atoms with Gasteiger partial charge in [-0.3, -0.25) is 0 Å². The number of aryl methyl sites for hydroxylation is 1. The van der Waals surface area contributed by atoms with E-state index in [9.17, 15) is 0 Å². The Morgan fingerprint density at radius 1 is 1.10 bits per heavy atom. The van der Waals surface area contributed by atoms with E-state index < -0.39 is 0 Å². The molecule has 0 saturated heterocycles. The SMILES string of the molecule is CCCNc1cc(-c2cc(OC)ccc2OC)nc(C)n1. The van der Waals surface area contributed by atoms with Gasteiger partial charge >= 0.3 is 0 Å². The third-order valence-corrected chi connectivity index (χ3v) is 3.08. The number of aromatic nitrogens is 2. The van der Waals surface area contributed by atoms with Crippen molar-refractivity contribution >= 4 is 5.82 Å². The topological polar surface area (TPSA) is 56.3 Å². The quantitative estimate of drug-likeness (QED) is 0.883. The highest BCUT2D eigenvalue weighted by Gasteiger charge is 2.11. The van der Waals surface area contributed by atoms with Gasteiger partial charge in [-0.25, -0.2) is 9.97 Å². The minimum atomic E-state index is 0.718. The van der Waals surface area contributed by atoms with Gasteiger partial charge in [0.25, 0.3) is 0 Å². The Kier molecular flexibility index (Phi) is 4.98. The molecule has 2 aromatic rings. The van der Waals surface area contributed by atoms with Crippen LogP contribution in [-0.2, 0) is 0 Å². The number of hydrogen-bond acceptors (Lipinski definition) is 5. The molecule has 5 heteroatoms. The molecule has 5 nitrogen and oxygen atoms in total. The van der Waals surface area contributed by atoms with Crippen molar-refractivity contribution in [1.82, 2.24) is 9.97 Å². The predicted octanol–water partition coefficient (Wildman–Crippen LogP) is 3.29. The summed E-state index contributed by atoms with van der Waals surface area (Å²) >= 11 is 0. The van der Waals surface area contributed by atoms with Crippen LogP contribution in [0, 0.1) is 6.92 Å². The van der Waals surface area contributed by atoms with Crippen LogP contribution in [0.15, 0.2) is 24.3 Å². The maximum absolute atomic E-state index is 5.42. The summed E-state index contributed by atoms with van der Waals surface area (Å²) in [5, 5.41) is 3.29. The smallest absolute Gasteiger partial charge is 0.130 e. The van der Waals surface area contributed by atoms with Gasteiger partial charge in [-0.05, 0) is 31.5 Å². The van der Waals surface area contributed by atoms with Crippen LogP contribution in [0.25, 0.3) is 11.3 Å². The molecule has 1 aromatic heterocycles. The molecule has 0 aliphatic carbocycles. The molecule has 0 radical (unpaired) electrons. The molecule has 0 amide bonds. The number of anilines is 1. The first-order valence-corrected chi connectivity index (χ1v) is 7.00. The van der Waals surface area contributed by atoms with Gasteiger partial charge in [-0.15, -0.1) is 0 Å². The van der Waals surface area contributed by atoms with Crippen molar-refractivity contribution in [1.29, 1.82) is 0 Å². The standard InChI is InChI=1S/C16H21N3O2/c1-5-8-17-16-10-14(18-11(2)19-16)13-9-12(20-3)6-7-15(13)21-4/h6-7,9-10H,5,8H2,1-4H3,(H,17,18,19). The van der Waals surface area contributed by atoms with Crippen molar-refractivity contribution in [2.24, 2.45) is 0 Å². The van der Waals surface area contributed by atoms with Crippen LogP contribution in [0.2, 0.25) is 0 Å². The Bertz CT molecular complexity index is 614. The van der Waals surface area contributed by atoms with E-state index >= 15 is 0 Å². The summed E-state index contributed by atoms with van der Waals surface area (Å²) in [6.45, 7) is 4.88. The molecule has 0 aliphatic heterocycles. The molecule has 0 fully saturated rings. The lowest BCUT2D eigenvalue weighted by molar-refractivity contribution is 0.404. The summed E-state index contributed by atoms with van der Waals surface area (Å²) in [6.07, 6.45) is 1.04. The van der Waals surface area contributed by atoms with Crippen molar-refractivity contribution in [3.8, 4) is 22.8 Å². The molecule has 0 spiro atoms. The molecule has 2 rings (SSSR count). The highest BCUT2D eigenvalue weighted by atomic mass is 16.5. The number of benzene rings is 1. The average Bonchev–Trinajstić information content (AvgIpc) is 2.51. The summed E-state index contributed by atoms with van der Waals surface area (Å²) in [7, 11) is 3.29. The molecule has 0 bridgehead atoms. The molecule has 0 aliphatic rings. The number of nitrogens with zero attached hydrogens (tertiary/aromatic N) is 2. The second-order valence-corrected chi connectivity index (χ2v) is 4.68. The van der Waals surface area contributed by atoms with Crippen LogP contribution in [0.4, 0.5) is 5.82 Å². The fraction of sp³-hybridized carbons (Fsp3) is 0.375. The van der Waals surface area contributed by atoms with Gasteiger partial charge in [0.05, 0.1) is 19.9 Å². The van der Waals surface area contributed by atoms with E-state index in [0.717, 1.165) is 47.4 Å². The second kappa shape index (κ2) is 6.92. The highest BCUT2D eigenvalue weighted by molar-refractivity contribution is 5.71. The zero-order chi connectivity index (χ0) is 15.2. The molecule has 1 aromatic carbocycles. The van der Waals surface area contributed by atoms with Gasteiger partial charge in [-0.2, -0.15) is 0 Å². The zero-order valence-corrected chi connectivity index (χ0v) is 12.9. The Morgan fingerprint density at radius 2 is 1.90 bits per heavy atom. The second-order valence-electron chi connectivity index (χ2n) is 4.68. The Morgan fingerprint density at radius 3 is 2.57 bits per heavy atom. The van der Waals surface area contributed by atoms with Crippen LogP contribution >= 0.6 is 0 Å². The first-order chi connectivity index (χ1) is 10.2. The van der Waals surface area contributed by atoms with Crippen LogP contribution < -0.4 is 14.8 Å². The molecule has 0 unspecified atom stereocenters. The van der Waals surface area contributed by atoms with E-state index in [2.05, 4.69) is 22.2 Å². The maximum Gasteiger partial charge on any atom is 0.130 e. The molecule has 0 atom stereocenters. The van der Waals surface area contributed by atoms with Crippen molar-refractivity contribution in [3.05, 3.63) is 30.1 Å². The van der Waals surface area contributed by atoms with Crippen molar-refractivity contribution < 1.29 is 9.47 Å². The molecule has 0 saturated carbocycles. The number of ether oxygens (including phenoxy) is 2. The van der Waals surface area contributed by atoms with E-state index in [4.69, 9.17) is 9.47 Å². The van der Waals surface area contributed by atoms with Gasteiger partial charge in [0.1, 0.15) is 23.1 Å². The molecular formula is C16H21N3O2. The first-order valence-electron chi connectivity index (χ1n) is 7.00. The Balaban J connectivity index is 2.47. The fourth-order valence-corrected chi connectivity index (χ4v) is 2.06. The number of hydrogen-bond donors (Lipinski definition) is 1. The lowest BCUT2D eigenvalue weighted by atomic mass is 10.1. The molecule has 21 heavy (non-hydrogen) atoms. The van der Waals surface area contributed by atoms with Crippen LogP contribution in [0.5, 0.6) is 11.5 Å². The summed E-state index contributed by atoms with van der Waals surface area (Å²) in [4.78, 5) is 8.91. The van der Waals surface area contributed by atoms with E-state index in [0.29, 0.717) is 0 Å². The van der Waals surface area contributed by atoms with E-state index in [-0.39, 0.29) is 0 Å². The third-order valence-electron chi connectivity index (χ3n) is 3.08. The minimum Gasteiger partial charge on any atom is -0.497 e. The summed E-state index contributed by atoms with van der Waals surface area (Å²) in [5.41, 5.74) is 1.71. The average molecular weight is 287 g/mol. The molecule has 1 N–H and O–H groups in total. The van der Waals surface area contributed by atoms with Gasteiger partial charge in [0.2, 0.25) is 0 Å². The maximum atomic E-state index is 5.42. The third kappa shape index (κ3) is 3.62. The van der Waals surface area contributed by atoms with Crippen LogP contribution in [0.3, 0.4) is 0 Å². The van der Waals surface area contributed by atoms with Crippen molar-refractivity contribution in [2.75, 3.05) is 26.1 Å². The minimum absolute atomic E-state index is 0.718. The number of methoxy groups -OCH3 is 2. The van der Waals surface area contributed by atoms with Gasteiger partial charge in [0, 0.05) is 18.2 Å². The molecule has 112 valence electrons. The lowest BCUT2D eigenvalue weighted by Gasteiger charge is -2.12. The monoisotopic (exact) mass is 287 g/mol. The summed E-state index contributed by atoms with van der Waals surface area (Å²) in [6, 6.07) is 7.60. The molecule has 1 heterocycles. The van der Waals surface area contributed by atoms with E-state index in [1.807, 2.05) is 31.2 Å². The normalized spacial score (nSPS) is 10.3. The van der Waals surface area contributed by atoms with Crippen LogP contribution in [0.1, 0.15) is 19.2 Å². The summed E-state index contributed by atoms with van der Waals surface area (Å²) in [5.74, 6) is 3.07. The summed E-state index contributed by atoms with van der Waals surface area (Å²) < 4.78 is 10.7. The molecular weight excluding hydrogens is 266 g/mol. The van der Waals surface area contributed by atoms with Gasteiger partial charge in [0.15, 0.2) is 0 Å². The number of nitrogens with one attached hydrogen (secondary N) is 1. The predicted molar refractivity (Wildman–Crippen MR) is 84.1 cm³/mol.